The number of fused-ring (bicyclic) bond motifs is 1. The molecule has 3 aromatic rings. The van der Waals surface area contributed by atoms with Gasteiger partial charge in [-0.3, -0.25) is 9.59 Å². The van der Waals surface area contributed by atoms with Gasteiger partial charge in [0.2, 0.25) is 11.8 Å². The molecule has 0 radical (unpaired) electrons. The number of carbonyl (C=O) groups excluding carboxylic acids is 2. The second-order valence-electron chi connectivity index (χ2n) is 6.91. The number of thioether (sulfide) groups is 1. The lowest BCUT2D eigenvalue weighted by Crippen LogP contribution is -2.44. The summed E-state index contributed by atoms with van der Waals surface area (Å²) in [5.41, 5.74) is 1.64. The van der Waals surface area contributed by atoms with Crippen LogP contribution in [0.4, 0.5) is 5.69 Å². The van der Waals surface area contributed by atoms with Crippen LogP contribution in [0.2, 0.25) is 0 Å². The quantitative estimate of drug-likeness (QED) is 0.661. The van der Waals surface area contributed by atoms with Gasteiger partial charge in [-0.1, -0.05) is 24.3 Å². The Kier molecular flexibility index (Phi) is 5.76. The number of hydrogen-bond donors (Lipinski definition) is 1. The topological polar surface area (TPSA) is 76.5 Å². The van der Waals surface area contributed by atoms with Gasteiger partial charge in [0.25, 0.3) is 0 Å². The van der Waals surface area contributed by atoms with E-state index in [9.17, 15) is 9.59 Å². The third kappa shape index (κ3) is 4.04. The van der Waals surface area contributed by atoms with Crippen molar-refractivity contribution in [2.75, 3.05) is 24.3 Å². The maximum absolute atomic E-state index is 13.0. The minimum absolute atomic E-state index is 0.0481. The average molecular weight is 423 g/mol. The summed E-state index contributed by atoms with van der Waals surface area (Å²) in [4.78, 5) is 32.5. The maximum Gasteiger partial charge on any atom is 0.240 e. The Morgan fingerprint density at radius 3 is 2.70 bits per heavy atom. The van der Waals surface area contributed by atoms with Crippen molar-refractivity contribution >= 4 is 29.3 Å². The van der Waals surface area contributed by atoms with E-state index in [1.807, 2.05) is 66.3 Å². The van der Waals surface area contributed by atoms with E-state index in [4.69, 9.17) is 4.74 Å². The number of para-hydroxylation sites is 1. The molecular weight excluding hydrogens is 400 g/mol. The summed E-state index contributed by atoms with van der Waals surface area (Å²) in [5, 5.41) is 3.05. The molecule has 30 heavy (non-hydrogen) atoms. The van der Waals surface area contributed by atoms with Gasteiger partial charge in [0.1, 0.15) is 24.2 Å². The summed E-state index contributed by atoms with van der Waals surface area (Å²) in [6.45, 7) is -0.0481. The minimum Gasteiger partial charge on any atom is -0.497 e. The van der Waals surface area contributed by atoms with Crippen LogP contribution in [-0.2, 0) is 16.6 Å². The number of hydrogen-bond acceptors (Lipinski definition) is 5. The molecule has 0 spiro atoms. The lowest BCUT2D eigenvalue weighted by atomic mass is 10.1. The van der Waals surface area contributed by atoms with Crippen LogP contribution in [0.15, 0.2) is 65.8 Å². The van der Waals surface area contributed by atoms with Crippen molar-refractivity contribution in [3.05, 3.63) is 72.3 Å². The van der Waals surface area contributed by atoms with Gasteiger partial charge in [0.15, 0.2) is 0 Å². The zero-order valence-corrected chi connectivity index (χ0v) is 17.6. The van der Waals surface area contributed by atoms with E-state index >= 15 is 0 Å². The Labute approximate surface area is 179 Å². The Bertz CT molecular complexity index is 1060. The fourth-order valence-corrected chi connectivity index (χ4v) is 4.36. The third-order valence-electron chi connectivity index (χ3n) is 4.98. The standard InChI is InChI=1S/C22H22N4O3S/c1-25-12-11-23-22(25)21(15-7-9-16(29-2)10-8-15)24-19(27)13-26-17-5-3-4-6-18(17)30-14-20(26)28/h3-12,21H,13-14H2,1-2H3,(H,24,27). The number of carbonyl (C=O) groups is 2. The van der Waals surface area contributed by atoms with Crippen LogP contribution in [-0.4, -0.2) is 40.8 Å². The molecule has 0 bridgehead atoms. The molecule has 2 heterocycles. The highest BCUT2D eigenvalue weighted by atomic mass is 32.2. The first kappa shape index (κ1) is 20.0. The van der Waals surface area contributed by atoms with Gasteiger partial charge in [0.05, 0.1) is 18.6 Å². The molecule has 0 aliphatic carbocycles. The molecule has 4 rings (SSSR count). The van der Waals surface area contributed by atoms with E-state index in [2.05, 4.69) is 10.3 Å². The Morgan fingerprint density at radius 1 is 1.23 bits per heavy atom. The molecule has 1 atom stereocenters. The molecule has 2 aromatic carbocycles. The molecule has 8 heteroatoms. The van der Waals surface area contributed by atoms with Crippen LogP contribution >= 0.6 is 11.8 Å². The lowest BCUT2D eigenvalue weighted by molar-refractivity contribution is -0.123. The summed E-state index contributed by atoms with van der Waals surface area (Å²) < 4.78 is 7.10. The molecule has 1 aliphatic heterocycles. The molecule has 1 N–H and O–H groups in total. The first-order chi connectivity index (χ1) is 14.6. The highest BCUT2D eigenvalue weighted by Crippen LogP contribution is 2.34. The highest BCUT2D eigenvalue weighted by molar-refractivity contribution is 8.00. The molecule has 1 aromatic heterocycles. The molecule has 1 aliphatic rings. The molecule has 0 saturated carbocycles. The van der Waals surface area contributed by atoms with Gasteiger partial charge in [0, 0.05) is 24.3 Å². The summed E-state index contributed by atoms with van der Waals surface area (Å²) in [6, 6.07) is 14.7. The van der Waals surface area contributed by atoms with E-state index in [0.717, 1.165) is 21.9 Å². The molecule has 0 saturated heterocycles. The number of rotatable bonds is 6. The van der Waals surface area contributed by atoms with Crippen molar-refractivity contribution in [3.8, 4) is 5.75 Å². The summed E-state index contributed by atoms with van der Waals surface area (Å²) >= 11 is 1.49. The number of nitrogens with zero attached hydrogens (tertiary/aromatic N) is 3. The molecule has 1 unspecified atom stereocenters. The van der Waals surface area contributed by atoms with E-state index < -0.39 is 6.04 Å². The Morgan fingerprint density at radius 2 is 2.00 bits per heavy atom. The van der Waals surface area contributed by atoms with Crippen LogP contribution in [0.5, 0.6) is 5.75 Å². The van der Waals surface area contributed by atoms with Crippen molar-refractivity contribution in [2.45, 2.75) is 10.9 Å². The SMILES string of the molecule is COc1ccc(C(NC(=O)CN2C(=O)CSc3ccccc32)c2nccn2C)cc1. The molecule has 2 amide bonds. The van der Waals surface area contributed by atoms with E-state index in [-0.39, 0.29) is 18.4 Å². The number of amides is 2. The number of aromatic nitrogens is 2. The first-order valence-corrected chi connectivity index (χ1v) is 10.5. The summed E-state index contributed by atoms with van der Waals surface area (Å²) in [5.74, 6) is 1.43. The predicted octanol–water partition coefficient (Wildman–Crippen LogP) is 2.77. The lowest BCUT2D eigenvalue weighted by Gasteiger charge is -2.29. The number of benzene rings is 2. The van der Waals surface area contributed by atoms with Crippen molar-refractivity contribution < 1.29 is 14.3 Å². The number of anilines is 1. The zero-order valence-electron chi connectivity index (χ0n) is 16.7. The van der Waals surface area contributed by atoms with Crippen molar-refractivity contribution in [1.82, 2.24) is 14.9 Å². The minimum atomic E-state index is -0.451. The first-order valence-electron chi connectivity index (χ1n) is 9.49. The van der Waals surface area contributed by atoms with E-state index in [1.54, 1.807) is 18.2 Å². The predicted molar refractivity (Wildman–Crippen MR) is 116 cm³/mol. The van der Waals surface area contributed by atoms with Crippen molar-refractivity contribution in [1.29, 1.82) is 0 Å². The normalized spacial score (nSPS) is 14.2. The summed E-state index contributed by atoms with van der Waals surface area (Å²) in [7, 11) is 3.49. The van der Waals surface area contributed by atoms with Gasteiger partial charge in [-0.15, -0.1) is 11.8 Å². The fourth-order valence-electron chi connectivity index (χ4n) is 3.43. The smallest absolute Gasteiger partial charge is 0.240 e. The van der Waals surface area contributed by atoms with Crippen LogP contribution < -0.4 is 15.0 Å². The second-order valence-corrected chi connectivity index (χ2v) is 7.92. The van der Waals surface area contributed by atoms with Gasteiger partial charge in [-0.2, -0.15) is 0 Å². The number of nitrogens with one attached hydrogen (secondary N) is 1. The molecular formula is C22H22N4O3S. The maximum atomic E-state index is 13.0. The molecule has 154 valence electrons. The average Bonchev–Trinajstić information content (AvgIpc) is 3.20. The Hall–Kier alpha value is -3.26. The molecule has 7 nitrogen and oxygen atoms in total. The van der Waals surface area contributed by atoms with Gasteiger partial charge in [-0.25, -0.2) is 4.98 Å². The van der Waals surface area contributed by atoms with Crippen molar-refractivity contribution in [2.24, 2.45) is 7.05 Å². The Balaban J connectivity index is 1.58. The third-order valence-corrected chi connectivity index (χ3v) is 6.03. The zero-order chi connectivity index (χ0) is 21.1. The monoisotopic (exact) mass is 422 g/mol. The second kappa shape index (κ2) is 8.62. The van der Waals surface area contributed by atoms with E-state index in [0.29, 0.717) is 11.6 Å². The van der Waals surface area contributed by atoms with Crippen LogP contribution in [0.3, 0.4) is 0 Å². The highest BCUT2D eigenvalue weighted by Gasteiger charge is 2.28. The van der Waals surface area contributed by atoms with Gasteiger partial charge < -0.3 is 19.5 Å². The summed E-state index contributed by atoms with van der Waals surface area (Å²) in [6.07, 6.45) is 3.53. The number of ether oxygens (including phenoxy) is 1. The van der Waals surface area contributed by atoms with Crippen LogP contribution in [0.25, 0.3) is 0 Å². The van der Waals surface area contributed by atoms with Gasteiger partial charge in [-0.05, 0) is 29.8 Å². The van der Waals surface area contributed by atoms with Crippen LogP contribution in [0, 0.1) is 0 Å². The number of imidazole rings is 1. The largest absolute Gasteiger partial charge is 0.497 e. The number of aryl methyl sites for hydroxylation is 1. The number of methoxy groups -OCH3 is 1. The molecule has 0 fully saturated rings. The van der Waals surface area contributed by atoms with Crippen LogP contribution in [0.1, 0.15) is 17.4 Å². The van der Waals surface area contributed by atoms with Crippen molar-refractivity contribution in [3.63, 3.8) is 0 Å². The van der Waals surface area contributed by atoms with E-state index in [1.165, 1.54) is 11.8 Å². The van der Waals surface area contributed by atoms with Gasteiger partial charge >= 0.3 is 0 Å². The fraction of sp³-hybridized carbons (Fsp3) is 0.227.